The summed E-state index contributed by atoms with van der Waals surface area (Å²) in [4.78, 5) is 16.3. The quantitative estimate of drug-likeness (QED) is 0.372. The summed E-state index contributed by atoms with van der Waals surface area (Å²) in [6.07, 6.45) is 1.35. The van der Waals surface area contributed by atoms with E-state index in [1.54, 1.807) is 10.7 Å². The van der Waals surface area contributed by atoms with E-state index in [0.29, 0.717) is 22.1 Å². The lowest BCUT2D eigenvalue weighted by atomic mass is 9.98. The van der Waals surface area contributed by atoms with Gasteiger partial charge in [-0.25, -0.2) is 4.68 Å². The minimum Gasteiger partial charge on any atom is -0.493 e. The first kappa shape index (κ1) is 22.3. The highest BCUT2D eigenvalue weighted by Crippen LogP contribution is 2.40. The fraction of sp³-hybridized carbons (Fsp3) is 0.222. The van der Waals surface area contributed by atoms with Crippen molar-refractivity contribution < 1.29 is 9.84 Å². The number of anilines is 1. The smallest absolute Gasteiger partial charge is 0.282 e. The third-order valence-corrected chi connectivity index (χ3v) is 8.29. The van der Waals surface area contributed by atoms with Crippen molar-refractivity contribution in [2.75, 3.05) is 18.1 Å². The highest BCUT2D eigenvalue weighted by atomic mass is 35.5. The fourth-order valence-electron chi connectivity index (χ4n) is 5.06. The van der Waals surface area contributed by atoms with Crippen molar-refractivity contribution in [3.05, 3.63) is 105 Å². The van der Waals surface area contributed by atoms with Gasteiger partial charge in [-0.3, -0.25) is 9.89 Å². The second-order valence-corrected chi connectivity index (χ2v) is 10.4. The normalized spacial score (nSPS) is 19.9. The van der Waals surface area contributed by atoms with Crippen molar-refractivity contribution in [2.45, 2.75) is 34.4 Å². The van der Waals surface area contributed by atoms with E-state index in [-0.39, 0.29) is 16.3 Å². The van der Waals surface area contributed by atoms with Gasteiger partial charge in [0.25, 0.3) is 5.56 Å². The summed E-state index contributed by atoms with van der Waals surface area (Å²) in [5.74, 6) is -0.118. The van der Waals surface area contributed by atoms with Gasteiger partial charge in [0, 0.05) is 17.1 Å². The predicted octanol–water partition coefficient (Wildman–Crippen LogP) is 5.30. The number of fused-ring (bicyclic) bond motifs is 2. The molecule has 2 saturated heterocycles. The molecule has 1 aromatic heterocycles. The summed E-state index contributed by atoms with van der Waals surface area (Å²) in [7, 11) is 0. The molecule has 0 spiro atoms. The van der Waals surface area contributed by atoms with Crippen LogP contribution in [0.1, 0.15) is 23.6 Å². The molecule has 6 rings (SSSR count). The first-order valence-corrected chi connectivity index (χ1v) is 12.8. The number of rotatable bonds is 6. The Hall–Kier alpha value is -3.13. The Bertz CT molecular complexity index is 1420. The topological polar surface area (TPSA) is 70.5 Å². The third-order valence-electron chi connectivity index (χ3n) is 6.70. The number of nitrogens with zero attached hydrogens (tertiary/aromatic N) is 2. The Morgan fingerprint density at radius 3 is 2.54 bits per heavy atom. The lowest BCUT2D eigenvalue weighted by Crippen LogP contribution is -2.37. The van der Waals surface area contributed by atoms with Crippen LogP contribution in [-0.2, 0) is 4.74 Å². The monoisotopic (exact) mass is 505 g/mol. The van der Waals surface area contributed by atoms with Gasteiger partial charge in [-0.1, -0.05) is 78.0 Å². The van der Waals surface area contributed by atoms with Crippen molar-refractivity contribution >= 4 is 29.1 Å². The zero-order valence-electron chi connectivity index (χ0n) is 18.8. The Kier molecular flexibility index (Phi) is 5.84. The Balaban J connectivity index is 1.42. The maximum atomic E-state index is 13.0. The molecule has 0 saturated carbocycles. The number of aromatic amines is 1. The van der Waals surface area contributed by atoms with Crippen molar-refractivity contribution in [1.29, 1.82) is 0 Å². The summed E-state index contributed by atoms with van der Waals surface area (Å²) in [6, 6.07) is 25.5. The van der Waals surface area contributed by atoms with E-state index < -0.39 is 6.04 Å². The van der Waals surface area contributed by atoms with Gasteiger partial charge in [-0.2, -0.15) is 0 Å². The molecule has 0 aliphatic carbocycles. The molecule has 2 aliphatic heterocycles. The number of nitrogens with one attached hydrogen (secondary N) is 1. The summed E-state index contributed by atoms with van der Waals surface area (Å²) in [5, 5.41) is 14.7. The SMILES string of the molecule is O=c1[nH]n(C(c2ccccc2)c2cccc(N3CC4CC3CO4)c2)c(O)c1Sc1ccccc1Cl. The van der Waals surface area contributed by atoms with E-state index in [2.05, 4.69) is 22.1 Å². The Labute approximate surface area is 212 Å². The van der Waals surface area contributed by atoms with Crippen LogP contribution in [0.2, 0.25) is 5.02 Å². The minimum absolute atomic E-state index is 0.118. The number of morpholine rings is 1. The molecule has 3 unspecified atom stereocenters. The molecule has 2 aliphatic rings. The van der Waals surface area contributed by atoms with Crippen LogP contribution in [0, 0.1) is 0 Å². The van der Waals surface area contributed by atoms with Gasteiger partial charge < -0.3 is 14.7 Å². The molecule has 3 heterocycles. The number of ether oxygens (including phenoxy) is 1. The molecule has 2 bridgehead atoms. The number of hydrogen-bond donors (Lipinski definition) is 2. The maximum Gasteiger partial charge on any atom is 0.282 e. The molecule has 0 amide bonds. The van der Waals surface area contributed by atoms with Gasteiger partial charge in [-0.05, 0) is 41.8 Å². The second-order valence-electron chi connectivity index (χ2n) is 8.90. The standard InChI is InChI=1S/C27H24ClN3O3S/c28-22-11-4-5-12-23(22)35-25-26(32)29-31(27(25)33)24(17-7-2-1-3-8-17)18-9-6-10-19(13-18)30-15-21-14-20(30)16-34-21/h1-13,20-21,24,33H,14-16H2,(H,29,32). The van der Waals surface area contributed by atoms with Crippen molar-refractivity contribution in [1.82, 2.24) is 9.78 Å². The molecule has 35 heavy (non-hydrogen) atoms. The summed E-state index contributed by atoms with van der Waals surface area (Å²) in [5.41, 5.74) is 2.68. The number of H-pyrrole nitrogens is 1. The van der Waals surface area contributed by atoms with E-state index >= 15 is 0 Å². The van der Waals surface area contributed by atoms with Crippen molar-refractivity contribution in [2.24, 2.45) is 0 Å². The molecular weight excluding hydrogens is 482 g/mol. The molecule has 8 heteroatoms. The van der Waals surface area contributed by atoms with Crippen LogP contribution in [0.25, 0.3) is 0 Å². The molecule has 3 aromatic carbocycles. The van der Waals surface area contributed by atoms with Gasteiger partial charge >= 0.3 is 0 Å². The van der Waals surface area contributed by atoms with Crippen molar-refractivity contribution in [3.63, 3.8) is 0 Å². The van der Waals surface area contributed by atoms with E-state index in [4.69, 9.17) is 16.3 Å². The molecule has 2 N–H and O–H groups in total. The average Bonchev–Trinajstić information content (AvgIpc) is 3.58. The predicted molar refractivity (Wildman–Crippen MR) is 138 cm³/mol. The zero-order chi connectivity index (χ0) is 23.9. The van der Waals surface area contributed by atoms with E-state index in [9.17, 15) is 9.90 Å². The van der Waals surface area contributed by atoms with E-state index in [0.717, 1.165) is 48.1 Å². The summed E-state index contributed by atoms with van der Waals surface area (Å²) < 4.78 is 7.33. The zero-order valence-corrected chi connectivity index (χ0v) is 20.4. The van der Waals surface area contributed by atoms with Crippen LogP contribution in [0.4, 0.5) is 5.69 Å². The molecular formula is C27H24ClN3O3S. The lowest BCUT2D eigenvalue weighted by molar-refractivity contribution is 0.0991. The van der Waals surface area contributed by atoms with Gasteiger partial charge in [0.2, 0.25) is 5.88 Å². The van der Waals surface area contributed by atoms with E-state index in [1.807, 2.05) is 60.7 Å². The first-order valence-electron chi connectivity index (χ1n) is 11.6. The number of hydrogen-bond acceptors (Lipinski definition) is 5. The largest absolute Gasteiger partial charge is 0.493 e. The van der Waals surface area contributed by atoms with Crippen LogP contribution in [0.5, 0.6) is 5.88 Å². The fourth-order valence-corrected chi connectivity index (χ4v) is 6.17. The number of halogens is 1. The maximum absolute atomic E-state index is 13.0. The average molecular weight is 506 g/mol. The van der Waals surface area contributed by atoms with Gasteiger partial charge in [-0.15, -0.1) is 0 Å². The second kappa shape index (κ2) is 9.15. The summed E-state index contributed by atoms with van der Waals surface area (Å²) >= 11 is 7.47. The summed E-state index contributed by atoms with van der Waals surface area (Å²) in [6.45, 7) is 1.64. The van der Waals surface area contributed by atoms with Gasteiger partial charge in [0.15, 0.2) is 0 Å². The van der Waals surface area contributed by atoms with E-state index in [1.165, 1.54) is 0 Å². The molecule has 2 fully saturated rings. The number of aromatic nitrogens is 2. The molecule has 0 radical (unpaired) electrons. The molecule has 6 nitrogen and oxygen atoms in total. The third kappa shape index (κ3) is 4.14. The lowest BCUT2D eigenvalue weighted by Gasteiger charge is -2.30. The van der Waals surface area contributed by atoms with Crippen molar-refractivity contribution in [3.8, 4) is 5.88 Å². The van der Waals surface area contributed by atoms with Gasteiger partial charge in [0.05, 0.1) is 23.8 Å². The highest BCUT2D eigenvalue weighted by Gasteiger charge is 2.39. The number of benzene rings is 3. The highest BCUT2D eigenvalue weighted by molar-refractivity contribution is 7.99. The Morgan fingerprint density at radius 2 is 1.80 bits per heavy atom. The van der Waals surface area contributed by atoms with Crippen LogP contribution < -0.4 is 10.5 Å². The minimum atomic E-state index is -0.416. The number of aromatic hydroxyl groups is 1. The van der Waals surface area contributed by atoms with Gasteiger partial charge in [0.1, 0.15) is 10.9 Å². The Morgan fingerprint density at radius 1 is 1.03 bits per heavy atom. The first-order chi connectivity index (χ1) is 17.1. The molecule has 4 aromatic rings. The van der Waals surface area contributed by atoms with Crippen LogP contribution in [0.15, 0.2) is 93.4 Å². The van der Waals surface area contributed by atoms with Crippen LogP contribution in [0.3, 0.4) is 0 Å². The molecule has 3 atom stereocenters. The van der Waals surface area contributed by atoms with Crippen LogP contribution >= 0.6 is 23.4 Å². The molecule has 178 valence electrons. The van der Waals surface area contributed by atoms with Crippen LogP contribution in [-0.4, -0.2) is 40.2 Å².